The molecule has 3 heterocycles. The summed E-state index contributed by atoms with van der Waals surface area (Å²) in [5.74, 6) is 0.918. The molecule has 0 saturated heterocycles. The third-order valence-electron chi connectivity index (χ3n) is 4.58. The lowest BCUT2D eigenvalue weighted by Crippen LogP contribution is -2.40. The SMILES string of the molecule is CC.COc1ccc(CN2CCn3nc4c(c3C2=O)CNCC4)cc1. The van der Waals surface area contributed by atoms with Crippen LogP contribution in [0.5, 0.6) is 5.75 Å². The van der Waals surface area contributed by atoms with Gasteiger partial charge in [-0.15, -0.1) is 0 Å². The fourth-order valence-corrected chi connectivity index (χ4v) is 3.33. The van der Waals surface area contributed by atoms with E-state index < -0.39 is 0 Å². The first-order valence-corrected chi connectivity index (χ1v) is 8.98. The molecule has 0 unspecified atom stereocenters. The fourth-order valence-electron chi connectivity index (χ4n) is 3.33. The molecule has 1 N–H and O–H groups in total. The Labute approximate surface area is 148 Å². The van der Waals surface area contributed by atoms with Crippen molar-refractivity contribution < 1.29 is 9.53 Å². The number of hydrogen-bond acceptors (Lipinski definition) is 4. The molecule has 2 aromatic rings. The average molecular weight is 342 g/mol. The number of methoxy groups -OCH3 is 1. The zero-order chi connectivity index (χ0) is 17.8. The van der Waals surface area contributed by atoms with E-state index in [0.717, 1.165) is 54.3 Å². The fraction of sp³-hybridized carbons (Fsp3) is 0.474. The smallest absolute Gasteiger partial charge is 0.272 e. The number of carbonyl (C=O) groups excluding carboxylic acids is 1. The first-order chi connectivity index (χ1) is 12.3. The number of fused-ring (bicyclic) bond motifs is 3. The van der Waals surface area contributed by atoms with E-state index >= 15 is 0 Å². The van der Waals surface area contributed by atoms with Crippen LogP contribution in [-0.4, -0.2) is 40.8 Å². The highest BCUT2D eigenvalue weighted by atomic mass is 16.5. The van der Waals surface area contributed by atoms with Gasteiger partial charge in [-0.05, 0) is 17.7 Å². The molecule has 0 saturated carbocycles. The van der Waals surface area contributed by atoms with Crippen molar-refractivity contribution in [3.05, 3.63) is 46.8 Å². The second-order valence-electron chi connectivity index (χ2n) is 6.00. The summed E-state index contributed by atoms with van der Waals surface area (Å²) in [6, 6.07) is 7.88. The summed E-state index contributed by atoms with van der Waals surface area (Å²) >= 11 is 0. The van der Waals surface area contributed by atoms with E-state index in [9.17, 15) is 4.79 Å². The monoisotopic (exact) mass is 342 g/mol. The van der Waals surface area contributed by atoms with E-state index in [-0.39, 0.29) is 5.91 Å². The highest BCUT2D eigenvalue weighted by Crippen LogP contribution is 2.24. The summed E-state index contributed by atoms with van der Waals surface area (Å²) in [6.45, 7) is 7.77. The van der Waals surface area contributed by atoms with Gasteiger partial charge in [0.2, 0.25) is 0 Å². The van der Waals surface area contributed by atoms with Crippen LogP contribution in [0.1, 0.15) is 41.2 Å². The van der Waals surface area contributed by atoms with Crippen LogP contribution in [-0.2, 0) is 26.1 Å². The normalized spacial score (nSPS) is 15.8. The van der Waals surface area contributed by atoms with E-state index in [0.29, 0.717) is 13.1 Å². The van der Waals surface area contributed by atoms with Gasteiger partial charge >= 0.3 is 0 Å². The number of carbonyl (C=O) groups is 1. The summed E-state index contributed by atoms with van der Waals surface area (Å²) in [4.78, 5) is 14.8. The lowest BCUT2D eigenvalue weighted by atomic mass is 10.1. The van der Waals surface area contributed by atoms with Crippen molar-refractivity contribution in [3.8, 4) is 5.75 Å². The number of ether oxygens (including phenoxy) is 1. The predicted molar refractivity (Wildman–Crippen MR) is 96.7 cm³/mol. The van der Waals surface area contributed by atoms with Crippen molar-refractivity contribution in [1.82, 2.24) is 20.0 Å². The molecular formula is C19H26N4O2. The van der Waals surface area contributed by atoms with Crippen LogP contribution in [0.4, 0.5) is 0 Å². The number of amides is 1. The van der Waals surface area contributed by atoms with E-state index in [4.69, 9.17) is 4.74 Å². The lowest BCUT2D eigenvalue weighted by Gasteiger charge is -2.28. The van der Waals surface area contributed by atoms with Gasteiger partial charge in [0.1, 0.15) is 11.4 Å². The topological polar surface area (TPSA) is 59.4 Å². The highest BCUT2D eigenvalue weighted by molar-refractivity contribution is 5.95. The number of aromatic nitrogens is 2. The second-order valence-corrected chi connectivity index (χ2v) is 6.00. The third kappa shape index (κ3) is 3.39. The minimum Gasteiger partial charge on any atom is -0.497 e. The second kappa shape index (κ2) is 7.70. The molecule has 0 bridgehead atoms. The van der Waals surface area contributed by atoms with E-state index in [1.165, 1.54) is 0 Å². The molecule has 1 aromatic carbocycles. The van der Waals surface area contributed by atoms with Crippen molar-refractivity contribution in [3.63, 3.8) is 0 Å². The summed E-state index contributed by atoms with van der Waals surface area (Å²) < 4.78 is 7.07. The maximum Gasteiger partial charge on any atom is 0.272 e. The van der Waals surface area contributed by atoms with Crippen molar-refractivity contribution in [2.24, 2.45) is 0 Å². The molecular weight excluding hydrogens is 316 g/mol. The molecule has 1 amide bonds. The summed E-state index contributed by atoms with van der Waals surface area (Å²) in [6.07, 6.45) is 0.904. The number of nitrogens with zero attached hydrogens (tertiary/aromatic N) is 3. The Morgan fingerprint density at radius 3 is 2.68 bits per heavy atom. The van der Waals surface area contributed by atoms with Crippen molar-refractivity contribution >= 4 is 5.91 Å². The van der Waals surface area contributed by atoms with Gasteiger partial charge in [-0.25, -0.2) is 0 Å². The van der Waals surface area contributed by atoms with E-state index in [2.05, 4.69) is 10.4 Å². The molecule has 1 aromatic heterocycles. The third-order valence-corrected chi connectivity index (χ3v) is 4.58. The van der Waals surface area contributed by atoms with Gasteiger partial charge < -0.3 is 15.0 Å². The predicted octanol–water partition coefficient (Wildman–Crippen LogP) is 2.22. The van der Waals surface area contributed by atoms with Crippen LogP contribution in [0, 0.1) is 0 Å². The minimum absolute atomic E-state index is 0.0875. The zero-order valence-electron chi connectivity index (χ0n) is 15.2. The molecule has 6 heteroatoms. The van der Waals surface area contributed by atoms with Crippen LogP contribution in [0.2, 0.25) is 0 Å². The number of rotatable bonds is 3. The highest BCUT2D eigenvalue weighted by Gasteiger charge is 2.31. The van der Waals surface area contributed by atoms with Gasteiger partial charge in [-0.2, -0.15) is 5.10 Å². The van der Waals surface area contributed by atoms with Crippen molar-refractivity contribution in [2.45, 2.75) is 39.9 Å². The van der Waals surface area contributed by atoms with Crippen molar-refractivity contribution in [2.75, 3.05) is 20.2 Å². The molecule has 25 heavy (non-hydrogen) atoms. The van der Waals surface area contributed by atoms with Crippen LogP contribution in [0.3, 0.4) is 0 Å². The van der Waals surface area contributed by atoms with Gasteiger partial charge in [0, 0.05) is 38.2 Å². The standard InChI is InChI=1S/C17H20N4O2.C2H6/c1-23-13-4-2-12(3-5-13)11-20-8-9-21-16(17(20)22)14-10-18-7-6-15(14)19-21;1-2/h2-5,18H,6-11H2,1H3;1-2H3. The summed E-state index contributed by atoms with van der Waals surface area (Å²) in [5.41, 5.74) is 4.05. The molecule has 134 valence electrons. The van der Waals surface area contributed by atoms with E-state index in [1.54, 1.807) is 7.11 Å². The molecule has 2 aliphatic heterocycles. The molecule has 0 aliphatic carbocycles. The van der Waals surface area contributed by atoms with Crippen molar-refractivity contribution in [1.29, 1.82) is 0 Å². The Morgan fingerprint density at radius 1 is 1.20 bits per heavy atom. The minimum atomic E-state index is 0.0875. The molecule has 0 spiro atoms. The number of benzene rings is 1. The van der Waals surface area contributed by atoms with E-state index in [1.807, 2.05) is 47.7 Å². The Kier molecular flexibility index (Phi) is 5.38. The Bertz CT molecular complexity index is 737. The molecule has 2 aliphatic rings. The Balaban J connectivity index is 0.000000880. The first kappa shape index (κ1) is 17.5. The maximum absolute atomic E-state index is 12.9. The van der Waals surface area contributed by atoms with Crippen LogP contribution < -0.4 is 10.1 Å². The Hall–Kier alpha value is -2.34. The lowest BCUT2D eigenvalue weighted by molar-refractivity contribution is 0.0682. The van der Waals surface area contributed by atoms with Gasteiger partial charge in [0.15, 0.2) is 0 Å². The summed E-state index contributed by atoms with van der Waals surface area (Å²) in [7, 11) is 1.65. The number of nitrogens with one attached hydrogen (secondary N) is 1. The van der Waals surface area contributed by atoms with Crippen LogP contribution >= 0.6 is 0 Å². The molecule has 0 fully saturated rings. The summed E-state index contributed by atoms with van der Waals surface area (Å²) in [5, 5.41) is 7.96. The molecule has 4 rings (SSSR count). The van der Waals surface area contributed by atoms with Gasteiger partial charge in [0.25, 0.3) is 5.91 Å². The maximum atomic E-state index is 12.9. The van der Waals surface area contributed by atoms with Gasteiger partial charge in [-0.3, -0.25) is 9.48 Å². The quantitative estimate of drug-likeness (QED) is 0.929. The Morgan fingerprint density at radius 2 is 1.96 bits per heavy atom. The zero-order valence-corrected chi connectivity index (χ0v) is 15.2. The van der Waals surface area contributed by atoms with Gasteiger partial charge in [0.05, 0.1) is 19.3 Å². The van der Waals surface area contributed by atoms with Crippen LogP contribution in [0.15, 0.2) is 24.3 Å². The number of hydrogen-bond donors (Lipinski definition) is 1. The largest absolute Gasteiger partial charge is 0.497 e. The average Bonchev–Trinajstić information content (AvgIpc) is 3.05. The van der Waals surface area contributed by atoms with Crippen LogP contribution in [0.25, 0.3) is 0 Å². The van der Waals surface area contributed by atoms with Gasteiger partial charge in [-0.1, -0.05) is 26.0 Å². The molecule has 0 atom stereocenters. The molecule has 6 nitrogen and oxygen atoms in total. The first-order valence-electron chi connectivity index (χ1n) is 8.98. The molecule has 0 radical (unpaired) electrons.